The molecule has 0 aliphatic heterocycles. The fourth-order valence-corrected chi connectivity index (χ4v) is 0. The lowest BCUT2D eigenvalue weighted by atomic mass is 10.3. The SMILES string of the molecule is CC(C)(C)P(=O)(O)O.Cl.Cl. The van der Waals surface area contributed by atoms with E-state index in [1.54, 1.807) is 0 Å². The van der Waals surface area contributed by atoms with Crippen LogP contribution in [0.5, 0.6) is 0 Å². The fourth-order valence-electron chi connectivity index (χ4n) is 0. The van der Waals surface area contributed by atoms with Crippen molar-refractivity contribution in [1.29, 1.82) is 0 Å². The average molecular weight is 211 g/mol. The Morgan fingerprint density at radius 3 is 1.20 bits per heavy atom. The van der Waals surface area contributed by atoms with Gasteiger partial charge in [0.25, 0.3) is 0 Å². The molecule has 0 spiro atoms. The molecular formula is C4H13Cl2O3P. The molecule has 10 heavy (non-hydrogen) atoms. The van der Waals surface area contributed by atoms with E-state index in [2.05, 4.69) is 0 Å². The first-order valence-electron chi connectivity index (χ1n) is 2.31. The minimum atomic E-state index is -3.85. The van der Waals surface area contributed by atoms with Crippen LogP contribution in [0.4, 0.5) is 0 Å². The summed E-state index contributed by atoms with van der Waals surface area (Å²) in [6, 6.07) is 0. The molecule has 0 aliphatic carbocycles. The van der Waals surface area contributed by atoms with Crippen molar-refractivity contribution in [1.82, 2.24) is 0 Å². The largest absolute Gasteiger partial charge is 0.330 e. The maximum Gasteiger partial charge on any atom is 0.330 e. The van der Waals surface area contributed by atoms with Crippen LogP contribution in [0.1, 0.15) is 20.8 Å². The molecule has 0 rings (SSSR count). The van der Waals surface area contributed by atoms with Crippen molar-refractivity contribution in [2.45, 2.75) is 25.9 Å². The summed E-state index contributed by atoms with van der Waals surface area (Å²) in [7, 11) is -3.85. The minimum absolute atomic E-state index is 0. The lowest BCUT2D eigenvalue weighted by Gasteiger charge is -2.18. The molecule has 0 unspecified atom stereocenters. The maximum atomic E-state index is 10.3. The van der Waals surface area contributed by atoms with Gasteiger partial charge in [0, 0.05) is 0 Å². The van der Waals surface area contributed by atoms with E-state index in [4.69, 9.17) is 9.79 Å². The standard InChI is InChI=1S/C4H11O3P.2ClH/c1-4(2,3)8(5,6)7;;/h1-3H3,(H2,5,6,7);2*1H. The molecule has 0 amide bonds. The molecule has 66 valence electrons. The third-order valence-electron chi connectivity index (χ3n) is 0.874. The molecule has 0 saturated heterocycles. The summed E-state index contributed by atoms with van der Waals surface area (Å²) < 4.78 is 10.3. The molecule has 0 bridgehead atoms. The highest BCUT2D eigenvalue weighted by Crippen LogP contribution is 2.49. The lowest BCUT2D eigenvalue weighted by Crippen LogP contribution is -2.13. The minimum Gasteiger partial charge on any atom is -0.324 e. The van der Waals surface area contributed by atoms with Crippen molar-refractivity contribution in [3.8, 4) is 0 Å². The normalized spacial score (nSPS) is 11.3. The molecule has 6 heteroatoms. The van der Waals surface area contributed by atoms with Gasteiger partial charge in [-0.2, -0.15) is 0 Å². The molecule has 0 saturated carbocycles. The van der Waals surface area contributed by atoms with Gasteiger partial charge >= 0.3 is 7.60 Å². The van der Waals surface area contributed by atoms with Gasteiger partial charge in [-0.3, -0.25) is 4.57 Å². The summed E-state index contributed by atoms with van der Waals surface area (Å²) in [6.07, 6.45) is 0. The second-order valence-corrected chi connectivity index (χ2v) is 5.14. The van der Waals surface area contributed by atoms with E-state index >= 15 is 0 Å². The van der Waals surface area contributed by atoms with Gasteiger partial charge in [0.2, 0.25) is 0 Å². The van der Waals surface area contributed by atoms with Gasteiger partial charge in [0.1, 0.15) is 0 Å². The Kier molecular flexibility index (Phi) is 7.78. The van der Waals surface area contributed by atoms with Gasteiger partial charge in [0.05, 0.1) is 5.16 Å². The summed E-state index contributed by atoms with van der Waals surface area (Å²) in [5.41, 5.74) is 0. The Hall–Kier alpha value is 0.730. The van der Waals surface area contributed by atoms with E-state index in [9.17, 15) is 4.57 Å². The summed E-state index contributed by atoms with van der Waals surface area (Å²) in [4.78, 5) is 16.9. The zero-order chi connectivity index (χ0) is 7.00. The Morgan fingerprint density at radius 1 is 1.10 bits per heavy atom. The number of halogens is 2. The summed E-state index contributed by atoms with van der Waals surface area (Å²) in [5, 5.41) is -0.896. The smallest absolute Gasteiger partial charge is 0.324 e. The van der Waals surface area contributed by atoms with Gasteiger partial charge in [-0.05, 0) is 20.8 Å². The third-order valence-corrected chi connectivity index (χ3v) is 2.62. The van der Waals surface area contributed by atoms with E-state index in [1.807, 2.05) is 0 Å². The van der Waals surface area contributed by atoms with Crippen LogP contribution in [0, 0.1) is 0 Å². The van der Waals surface area contributed by atoms with E-state index in [1.165, 1.54) is 20.8 Å². The van der Waals surface area contributed by atoms with Crippen LogP contribution in [-0.4, -0.2) is 14.9 Å². The molecule has 0 fully saturated rings. The van der Waals surface area contributed by atoms with Crippen molar-refractivity contribution < 1.29 is 14.4 Å². The van der Waals surface area contributed by atoms with Crippen LogP contribution in [-0.2, 0) is 4.57 Å². The van der Waals surface area contributed by atoms with Gasteiger partial charge in [-0.25, -0.2) is 0 Å². The van der Waals surface area contributed by atoms with Crippen LogP contribution in [0.2, 0.25) is 0 Å². The van der Waals surface area contributed by atoms with Crippen molar-refractivity contribution in [2.24, 2.45) is 0 Å². The highest BCUT2D eigenvalue weighted by molar-refractivity contribution is 7.53. The molecule has 0 aromatic rings. The first kappa shape index (κ1) is 17.0. The first-order valence-corrected chi connectivity index (χ1v) is 3.92. The molecule has 0 atom stereocenters. The number of hydrogen-bond donors (Lipinski definition) is 2. The Morgan fingerprint density at radius 2 is 1.20 bits per heavy atom. The van der Waals surface area contributed by atoms with Crippen molar-refractivity contribution in [3.05, 3.63) is 0 Å². The lowest BCUT2D eigenvalue weighted by molar-refractivity contribution is 0.342. The Bertz CT molecular complexity index is 125. The quantitative estimate of drug-likeness (QED) is 0.600. The second kappa shape index (κ2) is 4.58. The predicted octanol–water partition coefficient (Wildman–Crippen LogP) is 1.81. The molecule has 0 aliphatic rings. The van der Waals surface area contributed by atoms with E-state index in [0.29, 0.717) is 0 Å². The van der Waals surface area contributed by atoms with E-state index in [-0.39, 0.29) is 24.8 Å². The highest BCUT2D eigenvalue weighted by Gasteiger charge is 2.31. The van der Waals surface area contributed by atoms with Crippen LogP contribution < -0.4 is 0 Å². The number of hydrogen-bond acceptors (Lipinski definition) is 1. The monoisotopic (exact) mass is 210 g/mol. The van der Waals surface area contributed by atoms with Crippen LogP contribution >= 0.6 is 32.4 Å². The van der Waals surface area contributed by atoms with Crippen LogP contribution in [0.15, 0.2) is 0 Å². The average Bonchev–Trinajstić information content (AvgIpc) is 1.25. The summed E-state index contributed by atoms with van der Waals surface area (Å²) in [6.45, 7) is 4.52. The molecule has 0 aromatic carbocycles. The zero-order valence-electron chi connectivity index (χ0n) is 6.07. The van der Waals surface area contributed by atoms with Gasteiger partial charge in [0.15, 0.2) is 0 Å². The summed E-state index contributed by atoms with van der Waals surface area (Å²) in [5.74, 6) is 0. The maximum absolute atomic E-state index is 10.3. The Balaban J connectivity index is -0.000000245. The third kappa shape index (κ3) is 5.51. The molecule has 0 heterocycles. The van der Waals surface area contributed by atoms with Gasteiger partial charge in [-0.1, -0.05) is 0 Å². The van der Waals surface area contributed by atoms with E-state index in [0.717, 1.165) is 0 Å². The van der Waals surface area contributed by atoms with Gasteiger partial charge in [-0.15, -0.1) is 24.8 Å². The molecule has 0 aromatic heterocycles. The predicted molar refractivity (Wildman–Crippen MR) is 46.3 cm³/mol. The zero-order valence-corrected chi connectivity index (χ0v) is 8.59. The molecule has 3 nitrogen and oxygen atoms in total. The van der Waals surface area contributed by atoms with Crippen molar-refractivity contribution in [3.63, 3.8) is 0 Å². The first-order chi connectivity index (χ1) is 3.25. The molecule has 2 N–H and O–H groups in total. The summed E-state index contributed by atoms with van der Waals surface area (Å²) >= 11 is 0. The topological polar surface area (TPSA) is 57.5 Å². The second-order valence-electron chi connectivity index (χ2n) is 2.71. The van der Waals surface area contributed by atoms with Gasteiger partial charge < -0.3 is 9.79 Å². The molecular weight excluding hydrogens is 198 g/mol. The number of rotatable bonds is 0. The van der Waals surface area contributed by atoms with Crippen molar-refractivity contribution in [2.75, 3.05) is 0 Å². The fraction of sp³-hybridized carbons (Fsp3) is 1.00. The Labute approximate surface area is 73.2 Å². The van der Waals surface area contributed by atoms with E-state index < -0.39 is 12.8 Å². The van der Waals surface area contributed by atoms with Crippen molar-refractivity contribution >= 4 is 32.4 Å². The molecule has 0 radical (unpaired) electrons. The van der Waals surface area contributed by atoms with Crippen LogP contribution in [0.3, 0.4) is 0 Å². The highest BCUT2D eigenvalue weighted by atomic mass is 35.5. The van der Waals surface area contributed by atoms with Crippen LogP contribution in [0.25, 0.3) is 0 Å².